The molecule has 1 rings (SSSR count). The van der Waals surface area contributed by atoms with Gasteiger partial charge in [0.25, 0.3) is 5.69 Å². The number of amides is 1. The van der Waals surface area contributed by atoms with Gasteiger partial charge in [0.2, 0.25) is 5.91 Å². The van der Waals surface area contributed by atoms with Crippen LogP contribution in [0.5, 0.6) is 0 Å². The van der Waals surface area contributed by atoms with Crippen molar-refractivity contribution in [3.8, 4) is 0 Å². The van der Waals surface area contributed by atoms with Crippen LogP contribution >= 0.6 is 21.6 Å². The molecule has 30 heteroatoms. The number of carbonyl (C=O) groups is 4. The van der Waals surface area contributed by atoms with Gasteiger partial charge >= 0.3 is 17.9 Å². The van der Waals surface area contributed by atoms with Crippen LogP contribution < -0.4 is 5.32 Å². The normalized spacial score (nSPS) is 13.9. The number of ether oxygens (including phenoxy) is 12. The van der Waals surface area contributed by atoms with Crippen LogP contribution in [0.3, 0.4) is 0 Å². The van der Waals surface area contributed by atoms with E-state index in [1.54, 1.807) is 16.9 Å². The molecule has 85 heavy (non-hydrogen) atoms. The molecule has 8 N–H and O–H groups in total. The highest BCUT2D eigenvalue weighted by Gasteiger charge is 2.22. The van der Waals surface area contributed by atoms with Gasteiger partial charge in [0.1, 0.15) is 24.4 Å². The molecule has 8 unspecified atom stereocenters. The number of carbonyl (C=O) groups excluding carboxylic acids is 3. The van der Waals surface area contributed by atoms with Gasteiger partial charge in [0, 0.05) is 77.6 Å². The number of aromatic nitrogens is 1. The number of rotatable bonds is 49. The Kier molecular flexibility index (Phi) is 61.5. The van der Waals surface area contributed by atoms with E-state index in [4.69, 9.17) is 87.5 Å². The Morgan fingerprint density at radius 1 is 0.624 bits per heavy atom. The predicted octanol–water partition coefficient (Wildman–Crippen LogP) is 4.96. The molecule has 0 aromatic carbocycles. The third kappa shape index (κ3) is 52.2. The first-order chi connectivity index (χ1) is 40.2. The summed E-state index contributed by atoms with van der Waals surface area (Å²) in [7, 11) is 7.38. The number of nitrogens with zero attached hydrogens (tertiary/aromatic N) is 2. The second kappa shape index (κ2) is 59.5. The van der Waals surface area contributed by atoms with Gasteiger partial charge in [-0.15, -0.1) is 0 Å². The fraction of sp³-hybridized carbons (Fsp3) is 0.836. The summed E-state index contributed by atoms with van der Waals surface area (Å²) in [6, 6.07) is 3.08. The molecule has 0 radical (unpaired) electrons. The molecule has 8 atom stereocenters. The highest BCUT2D eigenvalue weighted by molar-refractivity contribution is 8.77. The Bertz CT molecular complexity index is 1720. The highest BCUT2D eigenvalue weighted by atomic mass is 33.1. The zero-order valence-electron chi connectivity index (χ0n) is 50.9. The molecule has 1 aromatic heterocycles. The molecule has 0 saturated carbocycles. The quantitative estimate of drug-likeness (QED) is 0.0107. The number of nitro groups is 1. The molecular formula is C55H105N3O25S2. The van der Waals surface area contributed by atoms with Gasteiger partial charge in [-0.2, -0.15) is 0 Å². The van der Waals surface area contributed by atoms with Gasteiger partial charge in [-0.1, -0.05) is 52.8 Å². The van der Waals surface area contributed by atoms with Crippen LogP contribution in [-0.2, 0) is 76.0 Å². The summed E-state index contributed by atoms with van der Waals surface area (Å²) < 4.78 is 62.3. The molecule has 502 valence electrons. The third-order valence-corrected chi connectivity index (χ3v) is 14.3. The van der Waals surface area contributed by atoms with Crippen molar-refractivity contribution in [3.63, 3.8) is 0 Å². The number of hydrogen-bond donors (Lipinski definition) is 8. The first kappa shape index (κ1) is 87.9. The molecule has 0 aliphatic carbocycles. The van der Waals surface area contributed by atoms with Crippen LogP contribution in [-0.4, -0.2) is 238 Å². The van der Waals surface area contributed by atoms with Crippen molar-refractivity contribution in [2.75, 3.05) is 114 Å². The first-order valence-electron chi connectivity index (χ1n) is 28.1. The zero-order chi connectivity index (χ0) is 64.0. The minimum Gasteiger partial charge on any atom is -0.481 e. The second-order valence-corrected chi connectivity index (χ2v) is 21.2. The maximum atomic E-state index is 11.9. The monoisotopic (exact) mass is 1270 g/mol. The molecule has 0 aliphatic rings. The van der Waals surface area contributed by atoms with E-state index in [1.807, 2.05) is 34.6 Å². The van der Waals surface area contributed by atoms with Crippen LogP contribution in [0.2, 0.25) is 0 Å². The van der Waals surface area contributed by atoms with Gasteiger partial charge in [0.05, 0.1) is 88.8 Å². The van der Waals surface area contributed by atoms with E-state index in [1.165, 1.54) is 44.4 Å². The van der Waals surface area contributed by atoms with Gasteiger partial charge < -0.3 is 97.9 Å². The maximum absolute atomic E-state index is 11.9. The van der Waals surface area contributed by atoms with Crippen molar-refractivity contribution in [2.24, 2.45) is 0 Å². The van der Waals surface area contributed by atoms with Crippen LogP contribution in [0.4, 0.5) is 5.69 Å². The van der Waals surface area contributed by atoms with Crippen molar-refractivity contribution in [1.82, 2.24) is 10.3 Å². The van der Waals surface area contributed by atoms with E-state index in [0.717, 1.165) is 12.8 Å². The largest absolute Gasteiger partial charge is 0.481 e. The molecule has 1 heterocycles. The molecule has 1 aromatic rings. The highest BCUT2D eigenvalue weighted by Crippen LogP contribution is 2.42. The van der Waals surface area contributed by atoms with E-state index in [0.29, 0.717) is 76.7 Å². The predicted molar refractivity (Wildman–Crippen MR) is 317 cm³/mol. The van der Waals surface area contributed by atoms with Crippen molar-refractivity contribution >= 4 is 51.1 Å². The minimum absolute atomic E-state index is 0. The summed E-state index contributed by atoms with van der Waals surface area (Å²) in [6.07, 6.45) is 2.47. The Labute approximate surface area is 510 Å². The van der Waals surface area contributed by atoms with Crippen LogP contribution in [0.15, 0.2) is 23.4 Å². The Morgan fingerprint density at radius 2 is 1.07 bits per heavy atom. The minimum atomic E-state index is -0.945. The number of aliphatic hydroxyl groups excluding tert-OH is 6. The van der Waals surface area contributed by atoms with Crippen molar-refractivity contribution in [2.45, 2.75) is 192 Å². The summed E-state index contributed by atoms with van der Waals surface area (Å²) >= 11 is 0. The fourth-order valence-corrected chi connectivity index (χ4v) is 7.95. The average molecular weight is 1270 g/mol. The first-order valence-corrected chi connectivity index (χ1v) is 30.2. The van der Waals surface area contributed by atoms with Crippen molar-refractivity contribution < 1.29 is 117 Å². The Morgan fingerprint density at radius 3 is 1.46 bits per heavy atom. The van der Waals surface area contributed by atoms with Gasteiger partial charge in [0.15, 0.2) is 25.2 Å². The number of nitrogens with one attached hydrogen (secondary N) is 1. The molecular weight excluding hydrogens is 1170 g/mol. The van der Waals surface area contributed by atoms with Crippen LogP contribution in [0, 0.1) is 10.1 Å². The van der Waals surface area contributed by atoms with Gasteiger partial charge in [-0.3, -0.25) is 29.3 Å². The van der Waals surface area contributed by atoms with E-state index in [9.17, 15) is 34.4 Å². The lowest BCUT2D eigenvalue weighted by Gasteiger charge is -2.22. The average Bonchev–Trinajstić information content (AvgIpc) is 3.54. The lowest BCUT2D eigenvalue weighted by molar-refractivity contribution is -0.385. The smallest absolute Gasteiger partial charge is 0.305 e. The third-order valence-electron chi connectivity index (χ3n) is 11.0. The topological polar surface area (TPSA) is 389 Å². The number of hydrogen-bond acceptors (Lipinski definition) is 27. The van der Waals surface area contributed by atoms with Crippen molar-refractivity contribution in [3.05, 3.63) is 28.4 Å². The molecule has 0 spiro atoms. The van der Waals surface area contributed by atoms with E-state index in [2.05, 4.69) is 24.1 Å². The fourth-order valence-electron chi connectivity index (χ4n) is 5.78. The SMILES string of the molecule is C.CCC(CO)OC(CO)OC.CCC(CO)OC(COC(=O)CCCC(=O)NCCOCCOCCC(C)(C)SSc1ccc([N+](=O)[O-])cn1)OC.CCC(CO)OC(COC(=O)CCCC(=O)O)OC.CCCOC(CO)OC(CC)CO. The summed E-state index contributed by atoms with van der Waals surface area (Å²) in [5.74, 6) is -2.07. The number of pyridine rings is 1. The second-order valence-electron chi connectivity index (χ2n) is 18.4. The molecule has 0 bridgehead atoms. The standard InChI is InChI=1S/C26H43N3O10S2.C12H22O7.C9H20O4.C7H16O4.CH4/c1-5-21(18-30)39-25(35-4)19-38-24(32)8-6-7-22(31)27-12-14-37-16-15-36-13-11-26(2,3)41-40-23-10-9-20(17-28-23)29(33)34;1-3-9(7-13)19-12(17-2)8-18-11(16)6-4-5-10(14)15;1-3-5-12-9(7-11)13-8(4-2)6-10;1-3-6(4-8)11-7(5-9)10-2;/h9-10,17,21,25,30H,5-8,11-16,18-19H2,1-4H3,(H,27,31);9,12-13H,3-8H2,1-2H3,(H,14,15);8-11H,3-7H2,1-2H3;6-9H,3-5H2,1-2H3;1H4. The van der Waals surface area contributed by atoms with Crippen LogP contribution in [0.1, 0.15) is 133 Å². The van der Waals surface area contributed by atoms with E-state index < -0.39 is 48.0 Å². The number of carboxylic acids is 1. The van der Waals surface area contributed by atoms with E-state index in [-0.39, 0.29) is 133 Å². The maximum Gasteiger partial charge on any atom is 0.305 e. The molecule has 0 aliphatic heterocycles. The van der Waals surface area contributed by atoms with Gasteiger partial charge in [-0.05, 0) is 82.1 Å². The summed E-state index contributed by atoms with van der Waals surface area (Å²) in [6.45, 7) is 15.5. The number of carboxylic acid groups (broad SMARTS) is 1. The van der Waals surface area contributed by atoms with Crippen molar-refractivity contribution in [1.29, 1.82) is 0 Å². The lowest BCUT2D eigenvalue weighted by Crippen LogP contribution is -2.30. The molecule has 0 saturated heterocycles. The molecule has 1 amide bonds. The number of methoxy groups -OCH3 is 3. The molecule has 28 nitrogen and oxygen atoms in total. The number of esters is 2. The lowest BCUT2D eigenvalue weighted by atomic mass is 10.1. The Hall–Kier alpha value is -3.51. The zero-order valence-corrected chi connectivity index (χ0v) is 52.6. The summed E-state index contributed by atoms with van der Waals surface area (Å²) in [5.41, 5.74) is -0.0309. The summed E-state index contributed by atoms with van der Waals surface area (Å²) in [4.78, 5) is 59.7. The number of aliphatic hydroxyl groups is 6. The Balaban J connectivity index is -0.000000610. The molecule has 0 fully saturated rings. The summed E-state index contributed by atoms with van der Waals surface area (Å²) in [5, 5.41) is 75.8. The number of aliphatic carboxylic acids is 1. The van der Waals surface area contributed by atoms with Crippen LogP contribution in [0.25, 0.3) is 0 Å². The van der Waals surface area contributed by atoms with E-state index >= 15 is 0 Å². The van der Waals surface area contributed by atoms with Gasteiger partial charge in [-0.25, -0.2) is 4.98 Å².